The third-order valence-corrected chi connectivity index (χ3v) is 1.49. The van der Waals surface area contributed by atoms with Crippen molar-refractivity contribution in [3.05, 3.63) is 46.0 Å². The minimum atomic E-state index is -1.34. The molecule has 0 N–H and O–H groups in total. The van der Waals surface area contributed by atoms with Crippen LogP contribution in [0.1, 0.15) is 5.56 Å². The average Bonchev–Trinajstić information content (AvgIpc) is 2.15. The molecule has 15 heavy (non-hydrogen) atoms. The smallest absolute Gasteiger partial charge is 0.545 e. The van der Waals surface area contributed by atoms with Crippen LogP contribution in [0.2, 0.25) is 0 Å². The van der Waals surface area contributed by atoms with Crippen LogP contribution in [0.15, 0.2) is 30.3 Å². The third-order valence-electron chi connectivity index (χ3n) is 1.49. The van der Waals surface area contributed by atoms with Gasteiger partial charge >= 0.3 is 51.4 Å². The molecule has 0 aliphatic heterocycles. The molecule has 0 aromatic heterocycles. The molecule has 0 heterocycles. The molecule has 1 aromatic rings. The Kier molecular flexibility index (Phi) is 6.62. The molecule has 0 fully saturated rings. The van der Waals surface area contributed by atoms with E-state index in [2.05, 4.69) is 0 Å². The van der Waals surface area contributed by atoms with Crippen molar-refractivity contribution in [1.82, 2.24) is 0 Å². The van der Waals surface area contributed by atoms with Crippen molar-refractivity contribution in [3.8, 4) is 0 Å². The van der Waals surface area contributed by atoms with Crippen molar-refractivity contribution < 1.29 is 66.2 Å². The number of non-ortho nitro benzene ring substituents is 1. The van der Waals surface area contributed by atoms with Gasteiger partial charge in [-0.2, -0.15) is 0 Å². The summed E-state index contributed by atoms with van der Waals surface area (Å²) in [6.45, 7) is 0. The molecule has 1 aromatic carbocycles. The van der Waals surface area contributed by atoms with E-state index in [1.165, 1.54) is 24.3 Å². The fourth-order valence-corrected chi connectivity index (χ4v) is 0.906. The summed E-state index contributed by atoms with van der Waals surface area (Å²) < 4.78 is 0. The number of benzene rings is 1. The molecule has 0 unspecified atom stereocenters. The molecule has 0 radical (unpaired) electrons. The van der Waals surface area contributed by atoms with Crippen LogP contribution in [0, 0.1) is 10.1 Å². The summed E-state index contributed by atoms with van der Waals surface area (Å²) in [6.07, 6.45) is 2.06. The number of carbonyl (C=O) groups is 1. The van der Waals surface area contributed by atoms with E-state index >= 15 is 0 Å². The van der Waals surface area contributed by atoms with Gasteiger partial charge in [0.05, 0.1) is 10.9 Å². The molecule has 5 nitrogen and oxygen atoms in total. The van der Waals surface area contributed by atoms with Crippen molar-refractivity contribution in [2.75, 3.05) is 0 Å². The zero-order valence-electron chi connectivity index (χ0n) is 8.04. The Hall–Kier alpha value is -0.534. The first-order chi connectivity index (χ1) is 6.59. The van der Waals surface area contributed by atoms with Crippen LogP contribution in [0.25, 0.3) is 6.08 Å². The molecular formula is C9H6KNO4. The van der Waals surface area contributed by atoms with Crippen LogP contribution in [0.5, 0.6) is 0 Å². The number of rotatable bonds is 3. The van der Waals surface area contributed by atoms with Crippen LogP contribution in [-0.4, -0.2) is 10.9 Å². The molecule has 0 aliphatic rings. The van der Waals surface area contributed by atoms with Gasteiger partial charge in [0, 0.05) is 12.1 Å². The Labute approximate surface area is 128 Å². The number of carboxylic acids is 1. The van der Waals surface area contributed by atoms with E-state index in [1.807, 2.05) is 0 Å². The molecule has 0 atom stereocenters. The van der Waals surface area contributed by atoms with E-state index in [9.17, 15) is 20.0 Å². The normalized spacial score (nSPS) is 9.60. The summed E-state index contributed by atoms with van der Waals surface area (Å²) in [5, 5.41) is 20.4. The van der Waals surface area contributed by atoms with E-state index in [-0.39, 0.29) is 57.1 Å². The SMILES string of the molecule is O=C([O-])/C=C/c1cccc([N+](=O)[O-])c1.[K+]. The first kappa shape index (κ1) is 14.5. The summed E-state index contributed by atoms with van der Waals surface area (Å²) in [4.78, 5) is 19.9. The molecule has 0 amide bonds. The van der Waals surface area contributed by atoms with Crippen LogP contribution in [0.4, 0.5) is 5.69 Å². The first-order valence-corrected chi connectivity index (χ1v) is 3.73. The summed E-state index contributed by atoms with van der Waals surface area (Å²) in [6, 6.07) is 5.65. The van der Waals surface area contributed by atoms with E-state index in [4.69, 9.17) is 0 Å². The maximum atomic E-state index is 10.3. The molecule has 0 bridgehead atoms. The molecular weight excluding hydrogens is 225 g/mol. The van der Waals surface area contributed by atoms with Gasteiger partial charge in [-0.1, -0.05) is 18.2 Å². The zero-order valence-corrected chi connectivity index (χ0v) is 11.2. The fraction of sp³-hybridized carbons (Fsp3) is 0. The number of nitrogens with zero attached hydrogens (tertiary/aromatic N) is 1. The number of carboxylic acid groups (broad SMARTS) is 1. The van der Waals surface area contributed by atoms with Gasteiger partial charge in [0.2, 0.25) is 0 Å². The first-order valence-electron chi connectivity index (χ1n) is 3.73. The van der Waals surface area contributed by atoms with Crippen molar-refractivity contribution in [1.29, 1.82) is 0 Å². The van der Waals surface area contributed by atoms with Crippen molar-refractivity contribution in [2.45, 2.75) is 0 Å². The average molecular weight is 231 g/mol. The van der Waals surface area contributed by atoms with Gasteiger partial charge in [0.1, 0.15) is 0 Å². The molecule has 0 aliphatic carbocycles. The summed E-state index contributed by atoms with van der Waals surface area (Å²) >= 11 is 0. The summed E-state index contributed by atoms with van der Waals surface area (Å²) in [5.74, 6) is -1.34. The number of aliphatic carboxylic acids is 1. The van der Waals surface area contributed by atoms with Crippen LogP contribution < -0.4 is 56.5 Å². The van der Waals surface area contributed by atoms with E-state index in [0.29, 0.717) is 5.56 Å². The van der Waals surface area contributed by atoms with Gasteiger partial charge in [0.25, 0.3) is 5.69 Å². The Morgan fingerprint density at radius 2 is 2.07 bits per heavy atom. The maximum absolute atomic E-state index is 10.3. The van der Waals surface area contributed by atoms with Crippen molar-refractivity contribution in [3.63, 3.8) is 0 Å². The molecule has 0 saturated carbocycles. The van der Waals surface area contributed by atoms with E-state index < -0.39 is 10.9 Å². The fourth-order valence-electron chi connectivity index (χ4n) is 0.906. The van der Waals surface area contributed by atoms with E-state index in [1.54, 1.807) is 6.07 Å². The summed E-state index contributed by atoms with van der Waals surface area (Å²) in [7, 11) is 0. The Morgan fingerprint density at radius 3 is 2.60 bits per heavy atom. The van der Waals surface area contributed by atoms with Gasteiger partial charge in [0.15, 0.2) is 0 Å². The number of nitro benzene ring substituents is 1. The minimum Gasteiger partial charge on any atom is -0.545 e. The van der Waals surface area contributed by atoms with Crippen LogP contribution in [-0.2, 0) is 4.79 Å². The number of carbonyl (C=O) groups excluding carboxylic acids is 1. The van der Waals surface area contributed by atoms with Gasteiger partial charge in [-0.3, -0.25) is 10.1 Å². The molecule has 1 rings (SSSR count). The van der Waals surface area contributed by atoms with Crippen molar-refractivity contribution in [2.24, 2.45) is 0 Å². The predicted molar refractivity (Wildman–Crippen MR) is 47.1 cm³/mol. The standard InChI is InChI=1S/C9H7NO4.K/c11-9(12)5-4-7-2-1-3-8(6-7)10(13)14;/h1-6H,(H,11,12);/q;+1/p-1/b5-4+;. The second-order valence-electron chi connectivity index (χ2n) is 2.50. The van der Waals surface area contributed by atoms with Crippen LogP contribution >= 0.6 is 0 Å². The Balaban J connectivity index is 0.00000196. The Bertz CT molecular complexity index is 403. The maximum Gasteiger partial charge on any atom is 1.00 e. The monoisotopic (exact) mass is 231 g/mol. The third kappa shape index (κ3) is 5.19. The Morgan fingerprint density at radius 1 is 1.40 bits per heavy atom. The zero-order chi connectivity index (χ0) is 10.6. The van der Waals surface area contributed by atoms with Gasteiger partial charge in [-0.25, -0.2) is 0 Å². The minimum absolute atomic E-state index is 0. The van der Waals surface area contributed by atoms with Crippen LogP contribution in [0.3, 0.4) is 0 Å². The molecule has 72 valence electrons. The van der Waals surface area contributed by atoms with Gasteiger partial charge in [-0.15, -0.1) is 0 Å². The van der Waals surface area contributed by atoms with Gasteiger partial charge < -0.3 is 9.90 Å². The quantitative estimate of drug-likeness (QED) is 0.246. The van der Waals surface area contributed by atoms with Crippen molar-refractivity contribution >= 4 is 17.7 Å². The van der Waals surface area contributed by atoms with Gasteiger partial charge in [-0.05, 0) is 11.6 Å². The number of hydrogen-bond acceptors (Lipinski definition) is 4. The second-order valence-corrected chi connectivity index (χ2v) is 2.50. The predicted octanol–water partition coefficient (Wildman–Crippen LogP) is -2.64. The topological polar surface area (TPSA) is 83.3 Å². The molecule has 6 heteroatoms. The van der Waals surface area contributed by atoms with E-state index in [0.717, 1.165) is 6.08 Å². The molecule has 0 spiro atoms. The molecule has 0 saturated heterocycles. The largest absolute Gasteiger partial charge is 1.00 e. The summed E-state index contributed by atoms with van der Waals surface area (Å²) in [5.41, 5.74) is 0.369. The number of hydrogen-bond donors (Lipinski definition) is 0. The number of nitro groups is 1. The second kappa shape index (κ2) is 6.86.